The molecule has 0 aromatic heterocycles. The van der Waals surface area contributed by atoms with Gasteiger partial charge in [0.25, 0.3) is 0 Å². The van der Waals surface area contributed by atoms with Crippen molar-refractivity contribution in [1.29, 1.82) is 0 Å². The number of halogens is 1. The second-order valence-corrected chi connectivity index (χ2v) is 6.12. The van der Waals surface area contributed by atoms with Crippen molar-refractivity contribution in [3.8, 4) is 5.75 Å². The summed E-state index contributed by atoms with van der Waals surface area (Å²) >= 11 is 6.18. The van der Waals surface area contributed by atoms with E-state index in [-0.39, 0.29) is 11.9 Å². The number of ether oxygens (including phenoxy) is 1. The number of carbonyl (C=O) groups is 1. The largest absolute Gasteiger partial charge is 0.489 e. The van der Waals surface area contributed by atoms with Crippen LogP contribution in [0.4, 0.5) is 0 Å². The SMILES string of the molecule is CC(=O)c1ccc(OC2CCC(C)C(C)C2)c(Cl)c1. The number of rotatable bonds is 3. The van der Waals surface area contributed by atoms with Gasteiger partial charge in [0.2, 0.25) is 0 Å². The van der Waals surface area contributed by atoms with Gasteiger partial charge in [0, 0.05) is 5.56 Å². The lowest BCUT2D eigenvalue weighted by Crippen LogP contribution is -2.28. The van der Waals surface area contributed by atoms with E-state index in [0.717, 1.165) is 18.8 Å². The summed E-state index contributed by atoms with van der Waals surface area (Å²) in [5, 5.41) is 0.527. The monoisotopic (exact) mass is 280 g/mol. The summed E-state index contributed by atoms with van der Waals surface area (Å²) < 4.78 is 6.00. The standard InChI is InChI=1S/C16H21ClO2/c1-10-4-6-14(8-11(10)2)19-16-7-5-13(12(3)18)9-15(16)17/h5,7,9-11,14H,4,6,8H2,1-3H3. The molecule has 2 rings (SSSR count). The summed E-state index contributed by atoms with van der Waals surface area (Å²) in [6.07, 6.45) is 3.60. The molecule has 0 radical (unpaired) electrons. The molecule has 1 aliphatic rings. The molecule has 1 aromatic rings. The molecule has 0 bridgehead atoms. The Labute approximate surface area is 120 Å². The molecule has 0 aliphatic heterocycles. The van der Waals surface area contributed by atoms with E-state index in [2.05, 4.69) is 13.8 Å². The predicted octanol–water partition coefficient (Wildman–Crippen LogP) is 4.75. The molecule has 1 aromatic carbocycles. The van der Waals surface area contributed by atoms with Crippen molar-refractivity contribution < 1.29 is 9.53 Å². The third kappa shape index (κ3) is 3.50. The van der Waals surface area contributed by atoms with Crippen LogP contribution in [0.25, 0.3) is 0 Å². The molecule has 0 amide bonds. The number of Topliss-reactive ketones (excluding diaryl/α,β-unsaturated/α-hetero) is 1. The molecule has 1 fully saturated rings. The van der Waals surface area contributed by atoms with Gasteiger partial charge in [-0.15, -0.1) is 0 Å². The van der Waals surface area contributed by atoms with E-state index in [1.165, 1.54) is 13.3 Å². The third-order valence-corrected chi connectivity index (χ3v) is 4.48. The lowest BCUT2D eigenvalue weighted by molar-refractivity contribution is 0.100. The van der Waals surface area contributed by atoms with Gasteiger partial charge < -0.3 is 4.74 Å². The molecule has 104 valence electrons. The van der Waals surface area contributed by atoms with Crippen LogP contribution in [0.15, 0.2) is 18.2 Å². The highest BCUT2D eigenvalue weighted by Gasteiger charge is 2.26. The fraction of sp³-hybridized carbons (Fsp3) is 0.562. The van der Waals surface area contributed by atoms with Crippen molar-refractivity contribution in [2.45, 2.75) is 46.1 Å². The average molecular weight is 281 g/mol. The molecule has 0 N–H and O–H groups in total. The Balaban J connectivity index is 2.05. The predicted molar refractivity (Wildman–Crippen MR) is 78.1 cm³/mol. The zero-order valence-electron chi connectivity index (χ0n) is 11.8. The highest BCUT2D eigenvalue weighted by molar-refractivity contribution is 6.32. The van der Waals surface area contributed by atoms with Crippen LogP contribution in [0, 0.1) is 11.8 Å². The Morgan fingerprint density at radius 3 is 2.58 bits per heavy atom. The maximum Gasteiger partial charge on any atom is 0.159 e. The summed E-state index contributed by atoms with van der Waals surface area (Å²) in [6, 6.07) is 5.27. The van der Waals surface area contributed by atoms with Crippen molar-refractivity contribution in [1.82, 2.24) is 0 Å². The first kappa shape index (κ1) is 14.4. The first-order valence-corrected chi connectivity index (χ1v) is 7.32. The second kappa shape index (κ2) is 5.96. The average Bonchev–Trinajstić information content (AvgIpc) is 2.36. The minimum Gasteiger partial charge on any atom is -0.489 e. The van der Waals surface area contributed by atoms with E-state index in [4.69, 9.17) is 16.3 Å². The normalized spacial score (nSPS) is 27.1. The van der Waals surface area contributed by atoms with Gasteiger partial charge in [0.05, 0.1) is 11.1 Å². The lowest BCUT2D eigenvalue weighted by atomic mass is 9.80. The molecule has 2 nitrogen and oxygen atoms in total. The van der Waals surface area contributed by atoms with Crippen molar-refractivity contribution >= 4 is 17.4 Å². The minimum atomic E-state index is 0.0218. The highest BCUT2D eigenvalue weighted by atomic mass is 35.5. The Kier molecular flexibility index (Phi) is 4.51. The topological polar surface area (TPSA) is 26.3 Å². The van der Waals surface area contributed by atoms with Gasteiger partial charge in [0.1, 0.15) is 5.75 Å². The minimum absolute atomic E-state index is 0.0218. The molecule has 1 saturated carbocycles. The van der Waals surface area contributed by atoms with Crippen LogP contribution in [0.3, 0.4) is 0 Å². The number of ketones is 1. The third-order valence-electron chi connectivity index (χ3n) is 4.18. The van der Waals surface area contributed by atoms with Gasteiger partial charge in [-0.3, -0.25) is 4.79 Å². The molecule has 0 spiro atoms. The fourth-order valence-electron chi connectivity index (χ4n) is 2.60. The van der Waals surface area contributed by atoms with E-state index in [1.807, 2.05) is 6.07 Å². The van der Waals surface area contributed by atoms with Gasteiger partial charge in [0.15, 0.2) is 5.78 Å². The zero-order chi connectivity index (χ0) is 14.0. The van der Waals surface area contributed by atoms with Crippen LogP contribution in [-0.2, 0) is 0 Å². The fourth-order valence-corrected chi connectivity index (χ4v) is 2.83. The first-order chi connectivity index (χ1) is 8.97. The van der Waals surface area contributed by atoms with Crippen LogP contribution in [0.2, 0.25) is 5.02 Å². The summed E-state index contributed by atoms with van der Waals surface area (Å²) in [5.74, 6) is 2.18. The summed E-state index contributed by atoms with van der Waals surface area (Å²) in [4.78, 5) is 11.3. The van der Waals surface area contributed by atoms with Gasteiger partial charge in [-0.05, 0) is 56.2 Å². The maximum absolute atomic E-state index is 11.3. The van der Waals surface area contributed by atoms with Crippen LogP contribution in [0.1, 0.15) is 50.4 Å². The molecule has 19 heavy (non-hydrogen) atoms. The molecule has 3 heteroatoms. The number of hydrogen-bond donors (Lipinski definition) is 0. The van der Waals surface area contributed by atoms with E-state index in [9.17, 15) is 4.79 Å². The van der Waals surface area contributed by atoms with Gasteiger partial charge in [-0.1, -0.05) is 25.4 Å². The van der Waals surface area contributed by atoms with Crippen LogP contribution < -0.4 is 4.74 Å². The summed E-state index contributed by atoms with van der Waals surface area (Å²) in [5.41, 5.74) is 0.628. The van der Waals surface area contributed by atoms with Gasteiger partial charge in [-0.25, -0.2) is 0 Å². The van der Waals surface area contributed by atoms with E-state index >= 15 is 0 Å². The second-order valence-electron chi connectivity index (χ2n) is 5.71. The smallest absolute Gasteiger partial charge is 0.159 e. The number of hydrogen-bond acceptors (Lipinski definition) is 2. The molecule has 0 heterocycles. The quantitative estimate of drug-likeness (QED) is 0.747. The van der Waals surface area contributed by atoms with E-state index in [1.54, 1.807) is 12.1 Å². The molecular weight excluding hydrogens is 260 g/mol. The van der Waals surface area contributed by atoms with Crippen molar-refractivity contribution in [3.63, 3.8) is 0 Å². The first-order valence-electron chi connectivity index (χ1n) is 6.94. The molecule has 3 unspecified atom stereocenters. The Morgan fingerprint density at radius 2 is 2.00 bits per heavy atom. The van der Waals surface area contributed by atoms with Crippen LogP contribution in [-0.4, -0.2) is 11.9 Å². The lowest BCUT2D eigenvalue weighted by Gasteiger charge is -2.32. The molecular formula is C16H21ClO2. The Bertz CT molecular complexity index is 470. The highest BCUT2D eigenvalue weighted by Crippen LogP contribution is 2.34. The zero-order valence-corrected chi connectivity index (χ0v) is 12.5. The number of benzene rings is 1. The summed E-state index contributed by atoms with van der Waals surface area (Å²) in [6.45, 7) is 6.12. The maximum atomic E-state index is 11.3. The Morgan fingerprint density at radius 1 is 1.26 bits per heavy atom. The van der Waals surface area contributed by atoms with Crippen LogP contribution in [0.5, 0.6) is 5.75 Å². The van der Waals surface area contributed by atoms with E-state index in [0.29, 0.717) is 22.3 Å². The number of carbonyl (C=O) groups excluding carboxylic acids is 1. The van der Waals surface area contributed by atoms with Crippen molar-refractivity contribution in [2.24, 2.45) is 11.8 Å². The summed E-state index contributed by atoms with van der Waals surface area (Å²) in [7, 11) is 0. The van der Waals surface area contributed by atoms with Crippen molar-refractivity contribution in [2.75, 3.05) is 0 Å². The van der Waals surface area contributed by atoms with Gasteiger partial charge >= 0.3 is 0 Å². The molecule has 1 aliphatic carbocycles. The Hall–Kier alpha value is -1.02. The van der Waals surface area contributed by atoms with Gasteiger partial charge in [-0.2, -0.15) is 0 Å². The van der Waals surface area contributed by atoms with E-state index < -0.39 is 0 Å². The van der Waals surface area contributed by atoms with Crippen LogP contribution >= 0.6 is 11.6 Å². The molecule has 3 atom stereocenters. The molecule has 0 saturated heterocycles. The van der Waals surface area contributed by atoms with Crippen molar-refractivity contribution in [3.05, 3.63) is 28.8 Å².